The van der Waals surface area contributed by atoms with Crippen LogP contribution in [0.3, 0.4) is 0 Å². The summed E-state index contributed by atoms with van der Waals surface area (Å²) in [6.07, 6.45) is 3.07. The molecule has 1 unspecified atom stereocenters. The summed E-state index contributed by atoms with van der Waals surface area (Å²) in [5.74, 6) is -0.168. The molecule has 0 amide bonds. The number of hydrogen-bond acceptors (Lipinski definition) is 4. The van der Waals surface area contributed by atoms with Gasteiger partial charge in [0.05, 0.1) is 0 Å². The van der Waals surface area contributed by atoms with E-state index in [9.17, 15) is 4.79 Å². The van der Waals surface area contributed by atoms with Crippen LogP contribution in [-0.4, -0.2) is 22.8 Å². The molecule has 1 rings (SSSR count). The monoisotopic (exact) mass is 226 g/mol. The Kier molecular flexibility index (Phi) is 4.23. The van der Waals surface area contributed by atoms with E-state index in [0.29, 0.717) is 11.4 Å². The minimum Gasteiger partial charge on any atom is -0.370 e. The molecule has 0 aliphatic heterocycles. The number of aliphatic imine (C=N–C) groups is 1. The molecule has 0 spiro atoms. The molecule has 1 aromatic rings. The van der Waals surface area contributed by atoms with Crippen LogP contribution in [-0.2, 0) is 0 Å². The number of thiazole rings is 1. The first-order chi connectivity index (χ1) is 7.15. The molecule has 4 N–H and O–H groups in total. The quantitative estimate of drug-likeness (QED) is 0.440. The van der Waals surface area contributed by atoms with Gasteiger partial charge in [-0.15, -0.1) is 11.3 Å². The van der Waals surface area contributed by atoms with E-state index in [-0.39, 0.29) is 11.7 Å². The Bertz CT molecular complexity index is 343. The zero-order valence-corrected chi connectivity index (χ0v) is 9.33. The third-order valence-corrected chi connectivity index (χ3v) is 2.60. The van der Waals surface area contributed by atoms with Gasteiger partial charge in [0.1, 0.15) is 6.04 Å². The summed E-state index contributed by atoms with van der Waals surface area (Å²) < 4.78 is 0. The van der Waals surface area contributed by atoms with E-state index < -0.39 is 6.04 Å². The first kappa shape index (κ1) is 11.6. The van der Waals surface area contributed by atoms with Gasteiger partial charge in [-0.05, 0) is 6.42 Å². The topological polar surface area (TPSA) is 94.4 Å². The minimum atomic E-state index is -0.494. The second-order valence-electron chi connectivity index (χ2n) is 3.06. The normalized spacial score (nSPS) is 12.1. The van der Waals surface area contributed by atoms with Gasteiger partial charge < -0.3 is 11.5 Å². The molecule has 1 atom stereocenters. The molecule has 0 bridgehead atoms. The van der Waals surface area contributed by atoms with Crippen LogP contribution in [0.2, 0.25) is 0 Å². The summed E-state index contributed by atoms with van der Waals surface area (Å²) in [5.41, 5.74) is 10.5. The number of guanidine groups is 1. The molecule has 1 aromatic heterocycles. The van der Waals surface area contributed by atoms with Crippen molar-refractivity contribution in [3.05, 3.63) is 16.6 Å². The van der Waals surface area contributed by atoms with Gasteiger partial charge in [-0.25, -0.2) is 9.98 Å². The Morgan fingerprint density at radius 3 is 2.87 bits per heavy atom. The summed E-state index contributed by atoms with van der Waals surface area (Å²) in [6, 6.07) is -0.494. The maximum Gasteiger partial charge on any atom is 0.215 e. The first-order valence-corrected chi connectivity index (χ1v) is 5.55. The SMILES string of the molecule is CCCC(N=C(N)N)C(=O)c1nccs1. The number of ketones is 1. The number of hydrogen-bond donors (Lipinski definition) is 2. The lowest BCUT2D eigenvalue weighted by Crippen LogP contribution is -2.29. The van der Waals surface area contributed by atoms with Gasteiger partial charge in [0.15, 0.2) is 11.0 Å². The van der Waals surface area contributed by atoms with Gasteiger partial charge in [-0.2, -0.15) is 0 Å². The Balaban J connectivity index is 2.81. The van der Waals surface area contributed by atoms with Crippen LogP contribution in [0.15, 0.2) is 16.6 Å². The molecule has 0 saturated heterocycles. The number of nitrogens with two attached hydrogens (primary N) is 2. The molecule has 0 radical (unpaired) electrons. The highest BCUT2D eigenvalue weighted by Crippen LogP contribution is 2.13. The van der Waals surface area contributed by atoms with Crippen LogP contribution in [0.1, 0.15) is 29.6 Å². The highest BCUT2D eigenvalue weighted by atomic mass is 32.1. The van der Waals surface area contributed by atoms with Gasteiger partial charge >= 0.3 is 0 Å². The third-order valence-electron chi connectivity index (χ3n) is 1.81. The Hall–Kier alpha value is -1.43. The van der Waals surface area contributed by atoms with Crippen LogP contribution in [0, 0.1) is 0 Å². The summed E-state index contributed by atoms with van der Waals surface area (Å²) in [5, 5.41) is 2.21. The molecule has 1 heterocycles. The van der Waals surface area contributed by atoms with E-state index in [0.717, 1.165) is 6.42 Å². The first-order valence-electron chi connectivity index (χ1n) is 4.67. The van der Waals surface area contributed by atoms with E-state index in [4.69, 9.17) is 11.5 Å². The fourth-order valence-corrected chi connectivity index (χ4v) is 1.82. The highest BCUT2D eigenvalue weighted by molar-refractivity contribution is 7.11. The number of carbonyl (C=O) groups is 1. The fourth-order valence-electron chi connectivity index (χ4n) is 1.20. The zero-order valence-electron chi connectivity index (χ0n) is 8.51. The van der Waals surface area contributed by atoms with Crippen molar-refractivity contribution in [1.82, 2.24) is 4.98 Å². The lowest BCUT2D eigenvalue weighted by Gasteiger charge is -2.08. The number of carbonyl (C=O) groups excluding carboxylic acids is 1. The van der Waals surface area contributed by atoms with Gasteiger partial charge in [-0.1, -0.05) is 13.3 Å². The van der Waals surface area contributed by atoms with Crippen molar-refractivity contribution in [2.24, 2.45) is 16.5 Å². The van der Waals surface area contributed by atoms with Gasteiger partial charge in [0, 0.05) is 11.6 Å². The van der Waals surface area contributed by atoms with Gasteiger partial charge in [0.25, 0.3) is 0 Å². The lowest BCUT2D eigenvalue weighted by atomic mass is 10.1. The molecule has 0 aliphatic rings. The molecule has 15 heavy (non-hydrogen) atoms. The van der Waals surface area contributed by atoms with E-state index in [1.54, 1.807) is 11.6 Å². The van der Waals surface area contributed by atoms with Gasteiger partial charge in [0.2, 0.25) is 5.78 Å². The number of rotatable bonds is 5. The molecule has 6 heteroatoms. The molecule has 0 saturated carbocycles. The molecule has 0 aliphatic carbocycles. The predicted molar refractivity (Wildman–Crippen MR) is 61.0 cm³/mol. The summed E-state index contributed by atoms with van der Waals surface area (Å²) in [4.78, 5) is 19.7. The van der Waals surface area contributed by atoms with Crippen molar-refractivity contribution in [3.8, 4) is 0 Å². The van der Waals surface area contributed by atoms with Crippen molar-refractivity contribution in [3.63, 3.8) is 0 Å². The van der Waals surface area contributed by atoms with E-state index in [2.05, 4.69) is 9.98 Å². The molecule has 5 nitrogen and oxygen atoms in total. The minimum absolute atomic E-state index is 0.0571. The molecule has 82 valence electrons. The zero-order chi connectivity index (χ0) is 11.3. The number of Topliss-reactive ketones (excluding diaryl/α,β-unsaturated/α-hetero) is 1. The van der Waals surface area contributed by atoms with Crippen LogP contribution in [0.25, 0.3) is 0 Å². The van der Waals surface area contributed by atoms with Crippen molar-refractivity contribution in [2.45, 2.75) is 25.8 Å². The third kappa shape index (κ3) is 3.32. The largest absolute Gasteiger partial charge is 0.370 e. The standard InChI is InChI=1S/C9H14N4OS/c1-2-3-6(13-9(10)11)7(14)8-12-4-5-15-8/h4-6H,2-3H2,1H3,(H4,10,11,13). The van der Waals surface area contributed by atoms with Crippen molar-refractivity contribution >= 4 is 23.1 Å². The van der Waals surface area contributed by atoms with Crippen molar-refractivity contribution in [2.75, 3.05) is 0 Å². The smallest absolute Gasteiger partial charge is 0.215 e. The second-order valence-corrected chi connectivity index (χ2v) is 3.95. The number of nitrogens with zero attached hydrogens (tertiary/aromatic N) is 2. The van der Waals surface area contributed by atoms with E-state index in [1.807, 2.05) is 6.92 Å². The fraction of sp³-hybridized carbons (Fsp3) is 0.444. The van der Waals surface area contributed by atoms with Crippen molar-refractivity contribution in [1.29, 1.82) is 0 Å². The average Bonchev–Trinajstić information content (AvgIpc) is 2.68. The van der Waals surface area contributed by atoms with Gasteiger partial charge in [-0.3, -0.25) is 4.79 Å². The number of aromatic nitrogens is 1. The van der Waals surface area contributed by atoms with Crippen molar-refractivity contribution < 1.29 is 4.79 Å². The Morgan fingerprint density at radius 2 is 2.40 bits per heavy atom. The maximum absolute atomic E-state index is 11.9. The highest BCUT2D eigenvalue weighted by Gasteiger charge is 2.20. The van der Waals surface area contributed by atoms with Crippen LogP contribution in [0.5, 0.6) is 0 Å². The lowest BCUT2D eigenvalue weighted by molar-refractivity contribution is 0.0957. The molecule has 0 aromatic carbocycles. The van der Waals surface area contributed by atoms with Crippen LogP contribution in [0.4, 0.5) is 0 Å². The Labute approximate surface area is 92.2 Å². The maximum atomic E-state index is 11.9. The summed E-state index contributed by atoms with van der Waals surface area (Å²) in [6.45, 7) is 1.98. The summed E-state index contributed by atoms with van der Waals surface area (Å²) >= 11 is 1.30. The molecule has 0 fully saturated rings. The Morgan fingerprint density at radius 1 is 1.67 bits per heavy atom. The summed E-state index contributed by atoms with van der Waals surface area (Å²) in [7, 11) is 0. The average molecular weight is 226 g/mol. The molecular weight excluding hydrogens is 212 g/mol. The van der Waals surface area contributed by atoms with E-state index >= 15 is 0 Å². The molecular formula is C9H14N4OS. The van der Waals surface area contributed by atoms with Crippen LogP contribution >= 0.6 is 11.3 Å². The van der Waals surface area contributed by atoms with Crippen LogP contribution < -0.4 is 11.5 Å². The second kappa shape index (κ2) is 5.45. The van der Waals surface area contributed by atoms with E-state index in [1.165, 1.54) is 11.3 Å². The predicted octanol–water partition coefficient (Wildman–Crippen LogP) is 0.768.